The smallest absolute Gasteiger partial charge is 0.256 e. The van der Waals surface area contributed by atoms with Gasteiger partial charge in [-0.1, -0.05) is 28.8 Å². The van der Waals surface area contributed by atoms with Crippen LogP contribution in [-0.4, -0.2) is 47.5 Å². The standard InChI is InChI=1S/C24H25N7O/c1-15-6-7-20(31-25-8-9-26-31)19(14-15)24(32)30-10-4-5-21(30)23-27-22(28-29-23)18-12-16(2)11-17(3)13-18/h6-9,11-14,21H,4-5,10H2,1-3H3,(H,27,28,29)/t21-/m0/s1. The highest BCUT2D eigenvalue weighted by atomic mass is 16.2. The van der Waals surface area contributed by atoms with Gasteiger partial charge in [0.2, 0.25) is 0 Å². The molecule has 4 aromatic rings. The third-order valence-corrected chi connectivity index (χ3v) is 5.83. The van der Waals surface area contributed by atoms with Gasteiger partial charge in [-0.25, -0.2) is 4.98 Å². The number of rotatable bonds is 4. The summed E-state index contributed by atoms with van der Waals surface area (Å²) in [6.45, 7) is 6.78. The van der Waals surface area contributed by atoms with E-state index in [1.807, 2.05) is 30.0 Å². The molecule has 0 bridgehead atoms. The van der Waals surface area contributed by atoms with Crippen molar-refractivity contribution in [1.82, 2.24) is 35.1 Å². The van der Waals surface area contributed by atoms with Crippen molar-refractivity contribution < 1.29 is 4.79 Å². The van der Waals surface area contributed by atoms with Crippen molar-refractivity contribution in [2.45, 2.75) is 39.7 Å². The van der Waals surface area contributed by atoms with Crippen LogP contribution >= 0.6 is 0 Å². The summed E-state index contributed by atoms with van der Waals surface area (Å²) in [6, 6.07) is 11.9. The van der Waals surface area contributed by atoms with Gasteiger partial charge in [0.25, 0.3) is 5.91 Å². The first-order chi connectivity index (χ1) is 15.5. The highest BCUT2D eigenvalue weighted by molar-refractivity contribution is 5.98. The maximum absolute atomic E-state index is 13.7. The van der Waals surface area contributed by atoms with Crippen molar-refractivity contribution in [3.05, 3.63) is 76.9 Å². The third-order valence-electron chi connectivity index (χ3n) is 5.83. The van der Waals surface area contributed by atoms with Crippen LogP contribution < -0.4 is 0 Å². The van der Waals surface area contributed by atoms with Crippen molar-refractivity contribution >= 4 is 5.91 Å². The number of carbonyl (C=O) groups is 1. The topological polar surface area (TPSA) is 92.6 Å². The van der Waals surface area contributed by atoms with E-state index in [-0.39, 0.29) is 11.9 Å². The number of aromatic amines is 1. The van der Waals surface area contributed by atoms with Crippen LogP contribution in [0.15, 0.2) is 48.8 Å². The molecule has 1 amide bonds. The summed E-state index contributed by atoms with van der Waals surface area (Å²) >= 11 is 0. The van der Waals surface area contributed by atoms with Gasteiger partial charge in [0, 0.05) is 12.1 Å². The molecule has 0 aliphatic carbocycles. The molecular weight excluding hydrogens is 402 g/mol. The number of H-pyrrole nitrogens is 1. The Morgan fingerprint density at radius 1 is 1.00 bits per heavy atom. The van der Waals surface area contributed by atoms with E-state index in [0.29, 0.717) is 23.6 Å². The predicted molar refractivity (Wildman–Crippen MR) is 120 cm³/mol. The molecule has 2 aromatic carbocycles. The molecule has 1 saturated heterocycles. The minimum atomic E-state index is -0.145. The number of nitrogens with zero attached hydrogens (tertiary/aromatic N) is 6. The van der Waals surface area contributed by atoms with Crippen LogP contribution in [0.2, 0.25) is 0 Å². The number of aryl methyl sites for hydroxylation is 3. The first-order valence-corrected chi connectivity index (χ1v) is 10.8. The fourth-order valence-corrected chi connectivity index (χ4v) is 4.44. The number of hydrogen-bond donors (Lipinski definition) is 1. The van der Waals surface area contributed by atoms with Gasteiger partial charge in [0.1, 0.15) is 5.82 Å². The minimum absolute atomic E-state index is 0.0483. The summed E-state index contributed by atoms with van der Waals surface area (Å²) in [5.41, 5.74) is 5.58. The van der Waals surface area contributed by atoms with Gasteiger partial charge in [0.15, 0.2) is 5.82 Å². The lowest BCUT2D eigenvalue weighted by Gasteiger charge is -2.24. The van der Waals surface area contributed by atoms with Crippen molar-refractivity contribution in [1.29, 1.82) is 0 Å². The lowest BCUT2D eigenvalue weighted by Crippen LogP contribution is -2.32. The number of hydrogen-bond acceptors (Lipinski definition) is 5. The Hall–Kier alpha value is -3.81. The molecule has 8 nitrogen and oxygen atoms in total. The molecule has 1 aliphatic heterocycles. The van der Waals surface area contributed by atoms with Crippen molar-refractivity contribution in [3.63, 3.8) is 0 Å². The molecule has 0 unspecified atom stereocenters. The van der Waals surface area contributed by atoms with Gasteiger partial charge in [-0.3, -0.25) is 9.89 Å². The number of carbonyl (C=O) groups excluding carboxylic acids is 1. The van der Waals surface area contributed by atoms with Crippen LogP contribution in [0.1, 0.15) is 51.8 Å². The maximum Gasteiger partial charge on any atom is 0.256 e. The molecule has 0 saturated carbocycles. The molecule has 3 heterocycles. The lowest BCUT2D eigenvalue weighted by molar-refractivity contribution is 0.0729. The first kappa shape index (κ1) is 20.1. The quantitative estimate of drug-likeness (QED) is 0.532. The van der Waals surface area contributed by atoms with Crippen LogP contribution in [0.4, 0.5) is 0 Å². The summed E-state index contributed by atoms with van der Waals surface area (Å²) in [6.07, 6.45) is 4.97. The average Bonchev–Trinajstić information content (AvgIpc) is 3.53. The molecule has 162 valence electrons. The zero-order chi connectivity index (χ0) is 22.2. The number of aromatic nitrogens is 6. The molecule has 5 rings (SSSR count). The molecular formula is C24H25N7O. The fourth-order valence-electron chi connectivity index (χ4n) is 4.44. The zero-order valence-electron chi connectivity index (χ0n) is 18.4. The van der Waals surface area contributed by atoms with Crippen LogP contribution in [0.25, 0.3) is 17.1 Å². The number of amides is 1. The van der Waals surface area contributed by atoms with Crippen LogP contribution in [-0.2, 0) is 0 Å². The van der Waals surface area contributed by atoms with E-state index in [2.05, 4.69) is 52.4 Å². The van der Waals surface area contributed by atoms with E-state index in [0.717, 1.165) is 29.8 Å². The van der Waals surface area contributed by atoms with E-state index in [1.54, 1.807) is 12.4 Å². The van der Waals surface area contributed by atoms with E-state index in [1.165, 1.54) is 15.9 Å². The normalized spacial score (nSPS) is 16.0. The van der Waals surface area contributed by atoms with Crippen LogP contribution in [0.5, 0.6) is 0 Å². The van der Waals surface area contributed by atoms with E-state index in [9.17, 15) is 4.79 Å². The van der Waals surface area contributed by atoms with Crippen molar-refractivity contribution in [2.75, 3.05) is 6.54 Å². The molecule has 1 N–H and O–H groups in total. The van der Waals surface area contributed by atoms with Gasteiger partial charge in [0.05, 0.1) is 29.7 Å². The molecule has 32 heavy (non-hydrogen) atoms. The van der Waals surface area contributed by atoms with E-state index < -0.39 is 0 Å². The van der Waals surface area contributed by atoms with Crippen molar-refractivity contribution in [2.24, 2.45) is 0 Å². The summed E-state index contributed by atoms with van der Waals surface area (Å²) in [7, 11) is 0. The SMILES string of the molecule is Cc1cc(C)cc(-c2n[nH]c([C@@H]3CCCN3C(=O)c3cc(C)ccc3-n3nccn3)n2)c1. The van der Waals surface area contributed by atoms with Gasteiger partial charge in [-0.15, -0.1) is 0 Å². The monoisotopic (exact) mass is 427 g/mol. The minimum Gasteiger partial charge on any atom is -0.328 e. The molecule has 0 radical (unpaired) electrons. The summed E-state index contributed by atoms with van der Waals surface area (Å²) < 4.78 is 0. The largest absolute Gasteiger partial charge is 0.328 e. The van der Waals surface area contributed by atoms with E-state index in [4.69, 9.17) is 4.98 Å². The van der Waals surface area contributed by atoms with Crippen molar-refractivity contribution in [3.8, 4) is 17.1 Å². The highest BCUT2D eigenvalue weighted by Gasteiger charge is 2.34. The Kier molecular flexibility index (Phi) is 5.05. The summed E-state index contributed by atoms with van der Waals surface area (Å²) in [4.78, 5) is 21.8. The van der Waals surface area contributed by atoms with Gasteiger partial charge < -0.3 is 4.90 Å². The second kappa shape index (κ2) is 8.03. The van der Waals surface area contributed by atoms with Crippen LogP contribution in [0.3, 0.4) is 0 Å². The molecule has 2 aromatic heterocycles. The summed E-state index contributed by atoms with van der Waals surface area (Å²) in [5, 5.41) is 16.0. The fraction of sp³-hybridized carbons (Fsp3) is 0.292. The second-order valence-electron chi connectivity index (χ2n) is 8.42. The maximum atomic E-state index is 13.7. The van der Waals surface area contributed by atoms with Crippen LogP contribution in [0, 0.1) is 20.8 Å². The Balaban J connectivity index is 1.47. The number of nitrogens with one attached hydrogen (secondary N) is 1. The lowest BCUT2D eigenvalue weighted by atomic mass is 10.1. The highest BCUT2D eigenvalue weighted by Crippen LogP contribution is 2.33. The molecule has 0 spiro atoms. The van der Waals surface area contributed by atoms with Gasteiger partial charge >= 0.3 is 0 Å². The Morgan fingerprint density at radius 2 is 1.75 bits per heavy atom. The number of benzene rings is 2. The third kappa shape index (κ3) is 3.68. The Bertz CT molecular complexity index is 1260. The average molecular weight is 428 g/mol. The molecule has 1 aliphatic rings. The first-order valence-electron chi connectivity index (χ1n) is 10.8. The van der Waals surface area contributed by atoms with Gasteiger partial charge in [-0.2, -0.15) is 20.1 Å². The second-order valence-corrected chi connectivity index (χ2v) is 8.42. The Labute approximate surface area is 186 Å². The number of likely N-dealkylation sites (tertiary alicyclic amines) is 1. The predicted octanol–water partition coefficient (Wildman–Crippen LogP) is 3.95. The molecule has 8 heteroatoms. The summed E-state index contributed by atoms with van der Waals surface area (Å²) in [5.74, 6) is 1.33. The molecule has 1 fully saturated rings. The zero-order valence-corrected chi connectivity index (χ0v) is 18.4. The van der Waals surface area contributed by atoms with Gasteiger partial charge in [-0.05, 0) is 57.9 Å². The Morgan fingerprint density at radius 3 is 2.50 bits per heavy atom. The molecule has 1 atom stereocenters. The van der Waals surface area contributed by atoms with E-state index >= 15 is 0 Å².